The number of benzene rings is 2. The molecular weight excluding hydrogens is 465 g/mol. The fourth-order valence-corrected chi connectivity index (χ4v) is 2.54. The Labute approximate surface area is 186 Å². The summed E-state index contributed by atoms with van der Waals surface area (Å²) in [7, 11) is 3.47. The average molecular weight is 497 g/mol. The summed E-state index contributed by atoms with van der Waals surface area (Å²) in [6.07, 6.45) is 1.17. The van der Waals surface area contributed by atoms with Crippen LogP contribution in [0.1, 0.15) is 30.5 Å². The summed E-state index contributed by atoms with van der Waals surface area (Å²) in [5.74, 6) is 1.68. The van der Waals surface area contributed by atoms with Gasteiger partial charge in [-0.05, 0) is 49.1 Å². The van der Waals surface area contributed by atoms with E-state index in [0.717, 1.165) is 31.2 Å². The number of aliphatic imine (C=N–C) groups is 1. The van der Waals surface area contributed by atoms with Gasteiger partial charge in [-0.1, -0.05) is 36.4 Å². The van der Waals surface area contributed by atoms with E-state index in [9.17, 15) is 0 Å². The molecule has 2 N–H and O–H groups in total. The van der Waals surface area contributed by atoms with E-state index in [1.165, 1.54) is 16.7 Å². The van der Waals surface area contributed by atoms with Gasteiger partial charge in [0, 0.05) is 20.1 Å². The third-order valence-corrected chi connectivity index (χ3v) is 4.16. The molecule has 0 bridgehead atoms. The number of halogens is 1. The lowest BCUT2D eigenvalue weighted by Crippen LogP contribution is -2.37. The number of methoxy groups -OCH3 is 1. The van der Waals surface area contributed by atoms with Crippen LogP contribution in [0.5, 0.6) is 5.75 Å². The van der Waals surface area contributed by atoms with E-state index in [0.29, 0.717) is 6.61 Å². The Hall–Kier alpha value is -1.80. The SMILES string of the molecule is CN=C(NCCc1ccc(OC)cc1)NCc1ccc(COC(C)C)cc1.I. The van der Waals surface area contributed by atoms with Crippen LogP contribution >= 0.6 is 24.0 Å². The highest BCUT2D eigenvalue weighted by molar-refractivity contribution is 14.0. The monoisotopic (exact) mass is 497 g/mol. The van der Waals surface area contributed by atoms with Gasteiger partial charge in [-0.25, -0.2) is 0 Å². The van der Waals surface area contributed by atoms with Crippen LogP contribution in [0.2, 0.25) is 0 Å². The molecule has 0 atom stereocenters. The Morgan fingerprint density at radius 1 is 0.929 bits per heavy atom. The molecule has 0 aliphatic heterocycles. The van der Waals surface area contributed by atoms with Crippen molar-refractivity contribution in [2.75, 3.05) is 20.7 Å². The minimum absolute atomic E-state index is 0. The van der Waals surface area contributed by atoms with Crippen LogP contribution in [0, 0.1) is 0 Å². The van der Waals surface area contributed by atoms with Gasteiger partial charge >= 0.3 is 0 Å². The molecule has 0 heterocycles. The normalized spacial score (nSPS) is 11.1. The van der Waals surface area contributed by atoms with Crippen molar-refractivity contribution in [3.8, 4) is 5.75 Å². The van der Waals surface area contributed by atoms with Crippen molar-refractivity contribution >= 4 is 29.9 Å². The summed E-state index contributed by atoms with van der Waals surface area (Å²) >= 11 is 0. The number of nitrogens with zero attached hydrogens (tertiary/aromatic N) is 1. The summed E-state index contributed by atoms with van der Waals surface area (Å²) in [6, 6.07) is 16.6. The molecule has 5 nitrogen and oxygen atoms in total. The van der Waals surface area contributed by atoms with Crippen LogP contribution in [0.3, 0.4) is 0 Å². The van der Waals surface area contributed by atoms with Gasteiger partial charge in [0.2, 0.25) is 0 Å². The molecule has 2 rings (SSSR count). The second-order valence-electron chi connectivity index (χ2n) is 6.63. The van der Waals surface area contributed by atoms with Crippen molar-refractivity contribution in [3.05, 3.63) is 65.2 Å². The van der Waals surface area contributed by atoms with Gasteiger partial charge in [0.05, 0.1) is 19.8 Å². The topological polar surface area (TPSA) is 54.9 Å². The van der Waals surface area contributed by atoms with Gasteiger partial charge in [0.1, 0.15) is 5.75 Å². The highest BCUT2D eigenvalue weighted by Gasteiger charge is 2.01. The number of nitrogens with one attached hydrogen (secondary N) is 2. The Kier molecular flexibility index (Phi) is 11.6. The zero-order valence-corrected chi connectivity index (χ0v) is 19.5. The van der Waals surface area contributed by atoms with Gasteiger partial charge in [-0.3, -0.25) is 4.99 Å². The standard InChI is InChI=1S/C22H31N3O2.HI/c1-17(2)27-16-20-7-5-19(6-8-20)15-25-22(23-3)24-14-13-18-9-11-21(26-4)12-10-18;/h5-12,17H,13-16H2,1-4H3,(H2,23,24,25);1H. The number of hydrogen-bond donors (Lipinski definition) is 2. The van der Waals surface area contributed by atoms with Crippen molar-refractivity contribution < 1.29 is 9.47 Å². The molecule has 0 radical (unpaired) electrons. The van der Waals surface area contributed by atoms with E-state index >= 15 is 0 Å². The molecule has 0 saturated carbocycles. The fraction of sp³-hybridized carbons (Fsp3) is 0.409. The molecule has 0 spiro atoms. The van der Waals surface area contributed by atoms with Crippen LogP contribution in [0.25, 0.3) is 0 Å². The Morgan fingerprint density at radius 2 is 1.54 bits per heavy atom. The Morgan fingerprint density at radius 3 is 2.11 bits per heavy atom. The molecule has 0 aromatic heterocycles. The first kappa shape index (κ1) is 24.2. The van der Waals surface area contributed by atoms with Gasteiger partial charge in [-0.15, -0.1) is 24.0 Å². The molecule has 6 heteroatoms. The molecule has 2 aromatic carbocycles. The van der Waals surface area contributed by atoms with E-state index < -0.39 is 0 Å². The second kappa shape index (κ2) is 13.4. The number of rotatable bonds is 9. The van der Waals surface area contributed by atoms with Gasteiger partial charge in [-0.2, -0.15) is 0 Å². The zero-order valence-electron chi connectivity index (χ0n) is 17.2. The van der Waals surface area contributed by atoms with Crippen molar-refractivity contribution in [1.29, 1.82) is 0 Å². The third kappa shape index (κ3) is 8.93. The number of hydrogen-bond acceptors (Lipinski definition) is 3. The summed E-state index contributed by atoms with van der Waals surface area (Å²) in [4.78, 5) is 4.28. The lowest BCUT2D eigenvalue weighted by molar-refractivity contribution is 0.0657. The molecular formula is C22H32IN3O2. The van der Waals surface area contributed by atoms with Gasteiger partial charge in [0.15, 0.2) is 5.96 Å². The molecule has 28 heavy (non-hydrogen) atoms. The van der Waals surface area contributed by atoms with Crippen LogP contribution in [0.15, 0.2) is 53.5 Å². The molecule has 0 saturated heterocycles. The lowest BCUT2D eigenvalue weighted by atomic mass is 10.1. The minimum Gasteiger partial charge on any atom is -0.497 e. The Bertz CT molecular complexity index is 701. The van der Waals surface area contributed by atoms with Crippen LogP contribution in [-0.2, 0) is 24.3 Å². The average Bonchev–Trinajstić information content (AvgIpc) is 2.70. The second-order valence-corrected chi connectivity index (χ2v) is 6.63. The summed E-state index contributed by atoms with van der Waals surface area (Å²) < 4.78 is 10.8. The van der Waals surface area contributed by atoms with Crippen molar-refractivity contribution in [3.63, 3.8) is 0 Å². The smallest absolute Gasteiger partial charge is 0.191 e. The quantitative estimate of drug-likeness (QED) is 0.311. The van der Waals surface area contributed by atoms with Crippen LogP contribution in [-0.4, -0.2) is 32.8 Å². The first-order valence-corrected chi connectivity index (χ1v) is 9.37. The molecule has 0 unspecified atom stereocenters. The van der Waals surface area contributed by atoms with Crippen LogP contribution < -0.4 is 15.4 Å². The molecule has 154 valence electrons. The first-order valence-electron chi connectivity index (χ1n) is 9.37. The predicted octanol–water partition coefficient (Wildman–Crippen LogP) is 4.15. The lowest BCUT2D eigenvalue weighted by Gasteiger charge is -2.13. The predicted molar refractivity (Wildman–Crippen MR) is 127 cm³/mol. The van der Waals surface area contributed by atoms with E-state index in [-0.39, 0.29) is 30.1 Å². The maximum atomic E-state index is 5.63. The largest absolute Gasteiger partial charge is 0.497 e. The maximum Gasteiger partial charge on any atom is 0.191 e. The van der Waals surface area contributed by atoms with Crippen molar-refractivity contribution in [2.45, 2.75) is 39.5 Å². The first-order chi connectivity index (χ1) is 13.1. The third-order valence-electron chi connectivity index (χ3n) is 4.16. The zero-order chi connectivity index (χ0) is 19.5. The van der Waals surface area contributed by atoms with E-state index in [1.54, 1.807) is 14.2 Å². The summed E-state index contributed by atoms with van der Waals surface area (Å²) in [6.45, 7) is 6.29. The van der Waals surface area contributed by atoms with Crippen LogP contribution in [0.4, 0.5) is 0 Å². The fourth-order valence-electron chi connectivity index (χ4n) is 2.54. The highest BCUT2D eigenvalue weighted by Crippen LogP contribution is 2.11. The number of guanidine groups is 1. The molecule has 0 aliphatic carbocycles. The Balaban J connectivity index is 0.00000392. The summed E-state index contributed by atoms with van der Waals surface area (Å²) in [5.41, 5.74) is 3.66. The van der Waals surface area contributed by atoms with Gasteiger partial charge < -0.3 is 20.1 Å². The number of ether oxygens (including phenoxy) is 2. The molecule has 2 aromatic rings. The molecule has 0 amide bonds. The van der Waals surface area contributed by atoms with E-state index in [1.807, 2.05) is 26.0 Å². The van der Waals surface area contributed by atoms with Crippen molar-refractivity contribution in [2.24, 2.45) is 4.99 Å². The van der Waals surface area contributed by atoms with E-state index in [4.69, 9.17) is 9.47 Å². The minimum atomic E-state index is 0. The van der Waals surface area contributed by atoms with Crippen molar-refractivity contribution in [1.82, 2.24) is 10.6 Å². The molecule has 0 aliphatic rings. The maximum absolute atomic E-state index is 5.63. The highest BCUT2D eigenvalue weighted by atomic mass is 127. The van der Waals surface area contributed by atoms with Gasteiger partial charge in [0.25, 0.3) is 0 Å². The summed E-state index contributed by atoms with van der Waals surface area (Å²) in [5, 5.41) is 6.70. The van der Waals surface area contributed by atoms with E-state index in [2.05, 4.69) is 52.0 Å². The molecule has 0 fully saturated rings.